The first-order valence-electron chi connectivity index (χ1n) is 11.3. The summed E-state index contributed by atoms with van der Waals surface area (Å²) in [5.74, 6) is 0. The normalized spacial score (nSPS) is 15.7. The summed E-state index contributed by atoms with van der Waals surface area (Å²) in [4.78, 5) is 0. The highest BCUT2D eigenvalue weighted by molar-refractivity contribution is 5.52. The third kappa shape index (κ3) is 6.20. The van der Waals surface area contributed by atoms with Crippen LogP contribution < -0.4 is 0 Å². The average molecular weight is 397 g/mol. The maximum Gasteiger partial charge on any atom is -0.00287 e. The predicted molar refractivity (Wildman–Crippen MR) is 133 cm³/mol. The Bertz CT molecular complexity index is 961. The molecule has 0 atom stereocenters. The van der Waals surface area contributed by atoms with Crippen molar-refractivity contribution < 1.29 is 0 Å². The molecule has 0 bridgehead atoms. The molecule has 0 aliphatic heterocycles. The number of hydrogen-bond acceptors (Lipinski definition) is 0. The first kappa shape index (κ1) is 22.1. The van der Waals surface area contributed by atoms with Gasteiger partial charge in [-0.15, -0.1) is 0 Å². The fourth-order valence-corrected chi connectivity index (χ4v) is 4.22. The van der Waals surface area contributed by atoms with Gasteiger partial charge in [0, 0.05) is 0 Å². The molecule has 2 aliphatic carbocycles. The van der Waals surface area contributed by atoms with E-state index in [9.17, 15) is 0 Å². The van der Waals surface area contributed by atoms with Gasteiger partial charge in [-0.3, -0.25) is 0 Å². The number of benzene rings is 1. The van der Waals surface area contributed by atoms with Crippen LogP contribution in [-0.4, -0.2) is 0 Å². The molecule has 0 radical (unpaired) electrons. The van der Waals surface area contributed by atoms with Crippen molar-refractivity contribution in [2.24, 2.45) is 0 Å². The van der Waals surface area contributed by atoms with Gasteiger partial charge in [0.2, 0.25) is 0 Å². The molecule has 0 nitrogen and oxygen atoms in total. The van der Waals surface area contributed by atoms with Gasteiger partial charge < -0.3 is 0 Å². The molecular weight excluding hydrogens is 360 g/mol. The average Bonchev–Trinajstić information content (AvgIpc) is 3.32. The van der Waals surface area contributed by atoms with E-state index in [1.807, 2.05) is 0 Å². The van der Waals surface area contributed by atoms with E-state index in [2.05, 4.69) is 95.0 Å². The Morgan fingerprint density at radius 1 is 1.00 bits per heavy atom. The van der Waals surface area contributed by atoms with Crippen molar-refractivity contribution in [3.05, 3.63) is 117 Å². The van der Waals surface area contributed by atoms with Crippen molar-refractivity contribution in [3.63, 3.8) is 0 Å². The lowest BCUT2D eigenvalue weighted by molar-refractivity contribution is 0.929. The van der Waals surface area contributed by atoms with Crippen molar-refractivity contribution >= 4 is 0 Å². The highest BCUT2D eigenvalue weighted by Gasteiger charge is 2.12. The summed E-state index contributed by atoms with van der Waals surface area (Å²) in [6, 6.07) is 9.20. The lowest BCUT2D eigenvalue weighted by atomic mass is 9.98. The van der Waals surface area contributed by atoms with Crippen LogP contribution in [0.2, 0.25) is 0 Å². The van der Waals surface area contributed by atoms with Gasteiger partial charge in [-0.05, 0) is 80.7 Å². The molecule has 3 rings (SSSR count). The first-order valence-corrected chi connectivity index (χ1v) is 11.3. The molecule has 30 heavy (non-hydrogen) atoms. The zero-order chi connectivity index (χ0) is 21.5. The van der Waals surface area contributed by atoms with Gasteiger partial charge in [-0.2, -0.15) is 0 Å². The summed E-state index contributed by atoms with van der Waals surface area (Å²) in [7, 11) is 0. The zero-order valence-corrected chi connectivity index (χ0v) is 19.2. The van der Waals surface area contributed by atoms with E-state index in [1.54, 1.807) is 0 Å². The molecule has 0 spiro atoms. The van der Waals surface area contributed by atoms with E-state index >= 15 is 0 Å². The van der Waals surface area contributed by atoms with E-state index < -0.39 is 0 Å². The standard InChI is InChI=1S/C30H36/c1-6-7-23(4)9-17-30(22(2)3)29-16-15-28(21-29)20-26-13-11-25(12-14-26)19-27-10-8-24(5)18-27/h8-15,17,21H,4,6-7,16,18-20H2,1-3,5H3/b17-9-. The van der Waals surface area contributed by atoms with Gasteiger partial charge in [0.1, 0.15) is 0 Å². The Labute approximate surface area is 183 Å². The van der Waals surface area contributed by atoms with Crippen LogP contribution in [0.4, 0.5) is 0 Å². The minimum atomic E-state index is 1.01. The molecule has 1 aromatic carbocycles. The van der Waals surface area contributed by atoms with Crippen molar-refractivity contribution in [1.82, 2.24) is 0 Å². The maximum atomic E-state index is 4.17. The monoisotopic (exact) mass is 396 g/mol. The third-order valence-corrected chi connectivity index (χ3v) is 5.86. The number of hydrogen-bond donors (Lipinski definition) is 0. The molecule has 0 unspecified atom stereocenters. The van der Waals surface area contributed by atoms with Gasteiger partial charge in [-0.25, -0.2) is 0 Å². The fourth-order valence-electron chi connectivity index (χ4n) is 4.22. The summed E-state index contributed by atoms with van der Waals surface area (Å²) in [6.45, 7) is 13.0. The second-order valence-corrected chi connectivity index (χ2v) is 8.99. The van der Waals surface area contributed by atoms with Crippen LogP contribution in [0.1, 0.15) is 64.5 Å². The van der Waals surface area contributed by atoms with Crippen LogP contribution in [0.25, 0.3) is 0 Å². The Hall–Kier alpha value is -2.60. The van der Waals surface area contributed by atoms with E-state index in [1.165, 1.54) is 50.1 Å². The second kappa shape index (κ2) is 10.4. The molecule has 1 aromatic rings. The molecule has 0 heteroatoms. The summed E-state index contributed by atoms with van der Waals surface area (Å²) in [5.41, 5.74) is 12.6. The molecular formula is C30H36. The Morgan fingerprint density at radius 3 is 2.30 bits per heavy atom. The van der Waals surface area contributed by atoms with E-state index in [0.29, 0.717) is 0 Å². The minimum Gasteiger partial charge on any atom is -0.0958 e. The molecule has 0 aromatic heterocycles. The topological polar surface area (TPSA) is 0 Å². The predicted octanol–water partition coefficient (Wildman–Crippen LogP) is 8.55. The van der Waals surface area contributed by atoms with Crippen LogP contribution >= 0.6 is 0 Å². The molecule has 0 fully saturated rings. The van der Waals surface area contributed by atoms with Gasteiger partial charge in [0.05, 0.1) is 0 Å². The number of allylic oxidation sites excluding steroid dienone is 13. The van der Waals surface area contributed by atoms with E-state index in [4.69, 9.17) is 0 Å². The molecule has 0 heterocycles. The summed E-state index contributed by atoms with van der Waals surface area (Å²) in [5, 5.41) is 0. The lowest BCUT2D eigenvalue weighted by Crippen LogP contribution is -1.92. The third-order valence-electron chi connectivity index (χ3n) is 5.86. The summed E-state index contributed by atoms with van der Waals surface area (Å²) >= 11 is 0. The SMILES string of the molecule is C=C(/C=C\C(C1=CC(Cc2ccc(CC3=CC=C(C)C3)cc2)=CC1)=C(C)C)CCC. The molecule has 2 aliphatic rings. The van der Waals surface area contributed by atoms with Crippen LogP contribution in [0.3, 0.4) is 0 Å². The molecule has 0 amide bonds. The zero-order valence-electron chi connectivity index (χ0n) is 19.2. The highest BCUT2D eigenvalue weighted by Crippen LogP contribution is 2.29. The van der Waals surface area contributed by atoms with Gasteiger partial charge in [0.25, 0.3) is 0 Å². The largest absolute Gasteiger partial charge is 0.0958 e. The lowest BCUT2D eigenvalue weighted by Gasteiger charge is -2.08. The minimum absolute atomic E-state index is 1.01. The maximum absolute atomic E-state index is 4.17. The van der Waals surface area contributed by atoms with Crippen molar-refractivity contribution in [1.29, 1.82) is 0 Å². The second-order valence-electron chi connectivity index (χ2n) is 8.99. The first-order chi connectivity index (χ1) is 14.4. The summed E-state index contributed by atoms with van der Waals surface area (Å²) in [6.07, 6.45) is 20.2. The van der Waals surface area contributed by atoms with Gasteiger partial charge >= 0.3 is 0 Å². The van der Waals surface area contributed by atoms with Crippen LogP contribution in [0, 0.1) is 0 Å². The molecule has 156 valence electrons. The van der Waals surface area contributed by atoms with Crippen LogP contribution in [0.5, 0.6) is 0 Å². The highest BCUT2D eigenvalue weighted by atomic mass is 14.2. The van der Waals surface area contributed by atoms with Crippen LogP contribution in [-0.2, 0) is 12.8 Å². The molecule has 0 saturated heterocycles. The Kier molecular flexibility index (Phi) is 7.69. The van der Waals surface area contributed by atoms with Crippen molar-refractivity contribution in [2.75, 3.05) is 0 Å². The van der Waals surface area contributed by atoms with E-state index in [0.717, 1.165) is 38.5 Å². The van der Waals surface area contributed by atoms with Gasteiger partial charge in [-0.1, -0.05) is 103 Å². The fraction of sp³-hybridized carbons (Fsp3) is 0.333. The Balaban J connectivity index is 1.61. The van der Waals surface area contributed by atoms with Crippen molar-refractivity contribution in [2.45, 2.75) is 66.2 Å². The van der Waals surface area contributed by atoms with Gasteiger partial charge in [0.15, 0.2) is 0 Å². The van der Waals surface area contributed by atoms with Crippen molar-refractivity contribution in [3.8, 4) is 0 Å². The smallest absolute Gasteiger partial charge is 0.00287 e. The van der Waals surface area contributed by atoms with Crippen LogP contribution in [0.15, 0.2) is 106 Å². The molecule has 0 saturated carbocycles. The molecule has 0 N–H and O–H groups in total. The number of rotatable bonds is 9. The Morgan fingerprint density at radius 2 is 1.70 bits per heavy atom. The summed E-state index contributed by atoms with van der Waals surface area (Å²) < 4.78 is 0. The van der Waals surface area contributed by atoms with E-state index in [-0.39, 0.29) is 0 Å². The quantitative estimate of drug-likeness (QED) is 0.367.